The van der Waals surface area contributed by atoms with Crippen LogP contribution in [0.15, 0.2) is 16.7 Å². The lowest BCUT2D eigenvalue weighted by molar-refractivity contribution is -0.160. The summed E-state index contributed by atoms with van der Waals surface area (Å²) in [5.41, 5.74) is 5.96. The number of aliphatic hydroxyl groups is 1. The molecule has 6 nitrogen and oxygen atoms in total. The van der Waals surface area contributed by atoms with Gasteiger partial charge in [0.2, 0.25) is 0 Å². The van der Waals surface area contributed by atoms with Crippen LogP contribution in [0.25, 0.3) is 11.0 Å². The van der Waals surface area contributed by atoms with E-state index < -0.39 is 17.6 Å². The monoisotopic (exact) mass is 366 g/mol. The summed E-state index contributed by atoms with van der Waals surface area (Å²) >= 11 is 1.40. The molecule has 0 spiro atoms. The Balaban J connectivity index is 2.43. The lowest BCUT2D eigenvalue weighted by Gasteiger charge is -2.29. The number of rotatable bonds is 9. The van der Waals surface area contributed by atoms with Crippen molar-refractivity contribution in [1.29, 1.82) is 0 Å². The van der Waals surface area contributed by atoms with Crippen molar-refractivity contribution in [2.75, 3.05) is 12.0 Å². The minimum atomic E-state index is -2.07. The number of hydrogen-bond donors (Lipinski definition) is 3. The summed E-state index contributed by atoms with van der Waals surface area (Å²) in [6.45, 7) is 4.01. The molecule has 0 aliphatic carbocycles. The maximum atomic E-state index is 11.7. The van der Waals surface area contributed by atoms with E-state index in [-0.39, 0.29) is 6.42 Å². The van der Waals surface area contributed by atoms with E-state index in [0.717, 1.165) is 36.0 Å². The molecule has 0 saturated heterocycles. The topological polar surface area (TPSA) is 110 Å². The molecule has 2 heterocycles. The number of pyridine rings is 1. The minimum absolute atomic E-state index is 0.159. The number of thioether (sulfide) groups is 1. The number of aromatic nitrogens is 1. The maximum absolute atomic E-state index is 11.7. The SMILES string of the molecule is CCCCc1cc2c(CC(O)(C(=O)O)[C@@H](N)CSC)ncc(C)c2o1. The van der Waals surface area contributed by atoms with E-state index in [1.165, 1.54) is 11.8 Å². The Morgan fingerprint density at radius 1 is 1.52 bits per heavy atom. The number of carboxylic acids is 1. The lowest BCUT2D eigenvalue weighted by atomic mass is 9.89. The van der Waals surface area contributed by atoms with Crippen molar-refractivity contribution in [1.82, 2.24) is 4.98 Å². The van der Waals surface area contributed by atoms with Gasteiger partial charge in [-0.25, -0.2) is 4.79 Å². The largest absolute Gasteiger partial charge is 0.479 e. The number of carbonyl (C=O) groups is 1. The van der Waals surface area contributed by atoms with E-state index >= 15 is 0 Å². The van der Waals surface area contributed by atoms with Crippen molar-refractivity contribution in [3.63, 3.8) is 0 Å². The normalized spacial score (nSPS) is 15.2. The number of aryl methyl sites for hydroxylation is 2. The first kappa shape index (κ1) is 19.8. The number of furan rings is 1. The van der Waals surface area contributed by atoms with Gasteiger partial charge in [-0.3, -0.25) is 4.98 Å². The lowest BCUT2D eigenvalue weighted by Crippen LogP contribution is -2.57. The van der Waals surface area contributed by atoms with Crippen molar-refractivity contribution >= 4 is 28.7 Å². The first-order valence-corrected chi connectivity index (χ1v) is 9.80. The Morgan fingerprint density at radius 3 is 2.84 bits per heavy atom. The van der Waals surface area contributed by atoms with Gasteiger partial charge in [0.15, 0.2) is 5.60 Å². The van der Waals surface area contributed by atoms with Gasteiger partial charge in [-0.15, -0.1) is 0 Å². The number of aliphatic carboxylic acids is 1. The van der Waals surface area contributed by atoms with Gasteiger partial charge in [0.05, 0.1) is 11.7 Å². The first-order chi connectivity index (χ1) is 11.8. The smallest absolute Gasteiger partial charge is 0.337 e. The van der Waals surface area contributed by atoms with Crippen molar-refractivity contribution in [3.8, 4) is 0 Å². The van der Waals surface area contributed by atoms with E-state index in [1.54, 1.807) is 6.20 Å². The molecule has 0 aromatic carbocycles. The number of fused-ring (bicyclic) bond motifs is 1. The van der Waals surface area contributed by atoms with E-state index in [4.69, 9.17) is 10.2 Å². The number of hydrogen-bond acceptors (Lipinski definition) is 6. The molecular weight excluding hydrogens is 340 g/mol. The van der Waals surface area contributed by atoms with Crippen LogP contribution >= 0.6 is 11.8 Å². The molecule has 1 unspecified atom stereocenters. The first-order valence-electron chi connectivity index (χ1n) is 8.40. The highest BCUT2D eigenvalue weighted by Crippen LogP contribution is 2.29. The predicted octanol–water partition coefficient (Wildman–Crippen LogP) is 2.53. The summed E-state index contributed by atoms with van der Waals surface area (Å²) in [7, 11) is 0. The Kier molecular flexibility index (Phi) is 6.48. The molecule has 2 aromatic heterocycles. The van der Waals surface area contributed by atoms with Gasteiger partial charge in [-0.2, -0.15) is 11.8 Å². The molecule has 0 fully saturated rings. The molecule has 2 atom stereocenters. The Morgan fingerprint density at radius 2 is 2.24 bits per heavy atom. The second-order valence-corrected chi connectivity index (χ2v) is 7.33. The standard InChI is InChI=1S/C18H26N2O4S/c1-4-5-6-12-7-13-14(20-9-11(2)16(13)24-12)8-18(23,17(21)22)15(19)10-25-3/h7,9,15,23H,4-6,8,10,19H2,1-3H3,(H,21,22)/t15-,18?/m0/s1. The summed E-state index contributed by atoms with van der Waals surface area (Å²) in [6.07, 6.45) is 6.20. The Hall–Kier alpha value is -1.57. The molecule has 2 rings (SSSR count). The van der Waals surface area contributed by atoms with Crippen LogP contribution in [0.2, 0.25) is 0 Å². The third-order valence-corrected chi connectivity index (χ3v) is 5.10. The number of carboxylic acid groups (broad SMARTS) is 1. The fourth-order valence-corrected chi connectivity index (χ4v) is 3.44. The van der Waals surface area contributed by atoms with Crippen molar-refractivity contribution in [2.24, 2.45) is 5.73 Å². The second kappa shape index (κ2) is 8.21. The van der Waals surface area contributed by atoms with E-state index in [0.29, 0.717) is 17.0 Å². The molecule has 25 heavy (non-hydrogen) atoms. The van der Waals surface area contributed by atoms with Crippen LogP contribution in [-0.4, -0.2) is 44.8 Å². The fourth-order valence-electron chi connectivity index (χ4n) is 2.81. The molecule has 7 heteroatoms. The minimum Gasteiger partial charge on any atom is -0.479 e. The predicted molar refractivity (Wildman–Crippen MR) is 100 cm³/mol. The third kappa shape index (κ3) is 4.16. The second-order valence-electron chi connectivity index (χ2n) is 6.41. The number of unbranched alkanes of at least 4 members (excludes halogenated alkanes) is 1. The van der Waals surface area contributed by atoms with Gasteiger partial charge in [-0.1, -0.05) is 13.3 Å². The molecule has 0 bridgehead atoms. The van der Waals surface area contributed by atoms with Crippen molar-refractivity contribution < 1.29 is 19.4 Å². The molecule has 0 aliphatic rings. The third-order valence-electron chi connectivity index (χ3n) is 4.41. The van der Waals surface area contributed by atoms with Gasteiger partial charge >= 0.3 is 5.97 Å². The van der Waals surface area contributed by atoms with Gasteiger partial charge in [0, 0.05) is 35.7 Å². The molecule has 0 amide bonds. The molecule has 138 valence electrons. The highest BCUT2D eigenvalue weighted by molar-refractivity contribution is 7.98. The average Bonchev–Trinajstić information content (AvgIpc) is 3.00. The molecule has 2 aromatic rings. The maximum Gasteiger partial charge on any atom is 0.337 e. The van der Waals surface area contributed by atoms with Crippen LogP contribution in [0.1, 0.15) is 36.8 Å². The van der Waals surface area contributed by atoms with E-state index in [1.807, 2.05) is 19.2 Å². The van der Waals surface area contributed by atoms with Gasteiger partial charge in [0.25, 0.3) is 0 Å². The fraction of sp³-hybridized carbons (Fsp3) is 0.556. The molecular formula is C18H26N2O4S. The molecule has 0 radical (unpaired) electrons. The van der Waals surface area contributed by atoms with Crippen LogP contribution in [0.4, 0.5) is 0 Å². The zero-order valence-corrected chi connectivity index (χ0v) is 15.7. The Bertz CT molecular complexity index is 746. The average molecular weight is 366 g/mol. The summed E-state index contributed by atoms with van der Waals surface area (Å²) in [4.78, 5) is 16.1. The number of nitrogens with zero attached hydrogens (tertiary/aromatic N) is 1. The van der Waals surface area contributed by atoms with E-state index in [2.05, 4.69) is 11.9 Å². The summed E-state index contributed by atoms with van der Waals surface area (Å²) in [6, 6.07) is 1.01. The van der Waals surface area contributed by atoms with Crippen LogP contribution in [0, 0.1) is 6.92 Å². The highest BCUT2D eigenvalue weighted by Gasteiger charge is 2.43. The quantitative estimate of drug-likeness (QED) is 0.625. The Labute approximate surface area is 151 Å². The van der Waals surface area contributed by atoms with Crippen LogP contribution < -0.4 is 5.73 Å². The van der Waals surface area contributed by atoms with Gasteiger partial charge in [-0.05, 0) is 25.7 Å². The summed E-state index contributed by atoms with van der Waals surface area (Å²) in [5.74, 6) is -0.147. The zero-order valence-electron chi connectivity index (χ0n) is 14.9. The van der Waals surface area contributed by atoms with Crippen LogP contribution in [-0.2, 0) is 17.6 Å². The molecule has 0 aliphatic heterocycles. The van der Waals surface area contributed by atoms with Gasteiger partial charge < -0.3 is 20.4 Å². The van der Waals surface area contributed by atoms with E-state index in [9.17, 15) is 15.0 Å². The zero-order chi connectivity index (χ0) is 18.6. The highest BCUT2D eigenvalue weighted by atomic mass is 32.2. The van der Waals surface area contributed by atoms with Crippen LogP contribution in [0.5, 0.6) is 0 Å². The van der Waals surface area contributed by atoms with Crippen LogP contribution in [0.3, 0.4) is 0 Å². The molecule has 0 saturated carbocycles. The van der Waals surface area contributed by atoms with Gasteiger partial charge in [0.1, 0.15) is 11.3 Å². The molecule has 4 N–H and O–H groups in total. The summed E-state index contributed by atoms with van der Waals surface area (Å²) in [5, 5.41) is 21.0. The number of nitrogens with two attached hydrogens (primary N) is 1. The van der Waals surface area contributed by atoms with Crippen molar-refractivity contribution in [2.45, 2.75) is 51.2 Å². The summed E-state index contributed by atoms with van der Waals surface area (Å²) < 4.78 is 5.92. The van der Waals surface area contributed by atoms with Crippen molar-refractivity contribution in [3.05, 3.63) is 29.3 Å².